The van der Waals surface area contributed by atoms with E-state index in [1.807, 2.05) is 30.0 Å². The number of rotatable bonds is 5. The molecular formula is C13H18O2S2. The summed E-state index contributed by atoms with van der Waals surface area (Å²) in [6.07, 6.45) is 1.06. The van der Waals surface area contributed by atoms with Gasteiger partial charge >= 0.3 is 0 Å². The molecule has 4 heteroatoms. The van der Waals surface area contributed by atoms with E-state index < -0.39 is 6.10 Å². The highest BCUT2D eigenvalue weighted by molar-refractivity contribution is 8.04. The number of benzene rings is 1. The molecule has 1 aromatic rings. The molecule has 0 aliphatic carbocycles. The molecule has 2 nitrogen and oxygen atoms in total. The van der Waals surface area contributed by atoms with Gasteiger partial charge in [-0.3, -0.25) is 0 Å². The summed E-state index contributed by atoms with van der Waals surface area (Å²) in [5.74, 6) is 2.07. The normalized spacial score (nSPS) is 26.0. The molecule has 1 heterocycles. The highest BCUT2D eigenvalue weighted by atomic mass is 32.2. The van der Waals surface area contributed by atoms with Gasteiger partial charge in [-0.2, -0.15) is 11.8 Å². The number of thioether (sulfide) groups is 2. The average molecular weight is 270 g/mol. The van der Waals surface area contributed by atoms with Gasteiger partial charge in [0, 0.05) is 17.3 Å². The van der Waals surface area contributed by atoms with Crippen molar-refractivity contribution in [3.8, 4) is 0 Å². The van der Waals surface area contributed by atoms with Crippen molar-refractivity contribution in [1.29, 1.82) is 0 Å². The summed E-state index contributed by atoms with van der Waals surface area (Å²) in [7, 11) is 0. The van der Waals surface area contributed by atoms with Crippen LogP contribution < -0.4 is 0 Å². The summed E-state index contributed by atoms with van der Waals surface area (Å²) in [5, 5.41) is 19.3. The minimum absolute atomic E-state index is 0.0585. The molecule has 0 spiro atoms. The molecule has 0 saturated carbocycles. The molecule has 1 aliphatic rings. The lowest BCUT2D eigenvalue weighted by Crippen LogP contribution is -2.39. The van der Waals surface area contributed by atoms with E-state index in [2.05, 4.69) is 12.1 Å². The van der Waals surface area contributed by atoms with Gasteiger partial charge in [0.25, 0.3) is 0 Å². The second-order valence-corrected chi connectivity index (χ2v) is 6.90. The Hall–Kier alpha value is -0.160. The Morgan fingerprint density at radius 2 is 2.12 bits per heavy atom. The topological polar surface area (TPSA) is 40.5 Å². The summed E-state index contributed by atoms with van der Waals surface area (Å²) in [5.41, 5.74) is 0. The van der Waals surface area contributed by atoms with Crippen LogP contribution in [0.3, 0.4) is 0 Å². The summed E-state index contributed by atoms with van der Waals surface area (Å²) < 4.78 is -0.116. The lowest BCUT2D eigenvalue weighted by atomic mass is 9.98. The van der Waals surface area contributed by atoms with Crippen molar-refractivity contribution in [2.45, 2.75) is 28.6 Å². The molecule has 2 unspecified atom stereocenters. The Bertz CT molecular complexity index is 337. The van der Waals surface area contributed by atoms with Crippen molar-refractivity contribution >= 4 is 23.5 Å². The quantitative estimate of drug-likeness (QED) is 0.862. The van der Waals surface area contributed by atoms with Gasteiger partial charge in [0.2, 0.25) is 0 Å². The third-order valence-electron chi connectivity index (χ3n) is 3.09. The van der Waals surface area contributed by atoms with Crippen molar-refractivity contribution in [2.75, 3.05) is 18.1 Å². The molecule has 2 N–H and O–H groups in total. The lowest BCUT2D eigenvalue weighted by Gasteiger charge is -2.32. The SMILES string of the molecule is OCCC(O)C1(Sc2ccccc2)CCSC1. The van der Waals surface area contributed by atoms with E-state index in [4.69, 9.17) is 5.11 Å². The molecule has 0 bridgehead atoms. The standard InChI is InChI=1S/C13H18O2S2/c14-8-6-12(15)13(7-9-16-10-13)17-11-4-2-1-3-5-11/h1-5,12,14-15H,6-10H2. The Kier molecular flexibility index (Phi) is 4.79. The van der Waals surface area contributed by atoms with Gasteiger partial charge < -0.3 is 10.2 Å². The summed E-state index contributed by atoms with van der Waals surface area (Å²) in [6.45, 7) is 0.0585. The van der Waals surface area contributed by atoms with Crippen molar-refractivity contribution in [2.24, 2.45) is 0 Å². The predicted molar refractivity (Wildman–Crippen MR) is 74.7 cm³/mol. The lowest BCUT2D eigenvalue weighted by molar-refractivity contribution is 0.103. The maximum Gasteiger partial charge on any atom is 0.0720 e. The molecule has 0 aromatic heterocycles. The van der Waals surface area contributed by atoms with Gasteiger partial charge in [0.1, 0.15) is 0 Å². The van der Waals surface area contributed by atoms with E-state index in [1.165, 1.54) is 4.90 Å². The maximum absolute atomic E-state index is 10.3. The first-order valence-corrected chi connectivity index (χ1v) is 7.85. The van der Waals surface area contributed by atoms with Crippen LogP contribution in [0.15, 0.2) is 35.2 Å². The number of hydrogen-bond acceptors (Lipinski definition) is 4. The zero-order valence-corrected chi connectivity index (χ0v) is 11.3. The Morgan fingerprint density at radius 1 is 1.35 bits per heavy atom. The van der Waals surface area contributed by atoms with Crippen molar-refractivity contribution < 1.29 is 10.2 Å². The molecule has 94 valence electrons. The molecule has 17 heavy (non-hydrogen) atoms. The van der Waals surface area contributed by atoms with E-state index in [0.29, 0.717) is 6.42 Å². The monoisotopic (exact) mass is 270 g/mol. The fourth-order valence-electron chi connectivity index (χ4n) is 2.08. The first-order valence-electron chi connectivity index (χ1n) is 5.87. The molecule has 1 saturated heterocycles. The fraction of sp³-hybridized carbons (Fsp3) is 0.538. The molecule has 1 aromatic carbocycles. The van der Waals surface area contributed by atoms with Crippen LogP contribution in [-0.2, 0) is 0 Å². The zero-order valence-electron chi connectivity index (χ0n) is 9.71. The van der Waals surface area contributed by atoms with E-state index >= 15 is 0 Å². The van der Waals surface area contributed by atoms with Crippen LogP contribution >= 0.6 is 23.5 Å². The minimum Gasteiger partial charge on any atom is -0.396 e. The highest BCUT2D eigenvalue weighted by Gasteiger charge is 2.41. The average Bonchev–Trinajstić information content (AvgIpc) is 2.80. The van der Waals surface area contributed by atoms with Gasteiger partial charge in [-0.05, 0) is 30.7 Å². The first-order chi connectivity index (χ1) is 8.27. The molecule has 2 atom stereocenters. The van der Waals surface area contributed by atoms with Crippen molar-refractivity contribution in [3.63, 3.8) is 0 Å². The smallest absolute Gasteiger partial charge is 0.0720 e. The fourth-order valence-corrected chi connectivity index (χ4v) is 5.25. The van der Waals surface area contributed by atoms with E-state index in [1.54, 1.807) is 11.8 Å². The van der Waals surface area contributed by atoms with Crippen LogP contribution in [0.2, 0.25) is 0 Å². The summed E-state index contributed by atoms with van der Waals surface area (Å²) in [6, 6.07) is 10.2. The van der Waals surface area contributed by atoms with Gasteiger partial charge in [-0.25, -0.2) is 0 Å². The number of aliphatic hydroxyl groups is 2. The largest absolute Gasteiger partial charge is 0.396 e. The summed E-state index contributed by atoms with van der Waals surface area (Å²) in [4.78, 5) is 1.20. The Balaban J connectivity index is 2.12. The van der Waals surface area contributed by atoms with Crippen molar-refractivity contribution in [3.05, 3.63) is 30.3 Å². The zero-order chi connectivity index (χ0) is 12.1. The number of aliphatic hydroxyl groups excluding tert-OH is 2. The van der Waals surface area contributed by atoms with E-state index in [0.717, 1.165) is 17.9 Å². The molecule has 1 fully saturated rings. The van der Waals surface area contributed by atoms with E-state index in [-0.39, 0.29) is 11.4 Å². The second kappa shape index (κ2) is 6.14. The van der Waals surface area contributed by atoms with Crippen LogP contribution in [-0.4, -0.2) is 39.2 Å². The Morgan fingerprint density at radius 3 is 2.71 bits per heavy atom. The summed E-state index contributed by atoms with van der Waals surface area (Å²) >= 11 is 3.66. The van der Waals surface area contributed by atoms with Gasteiger partial charge in [0.05, 0.1) is 10.9 Å². The van der Waals surface area contributed by atoms with Gasteiger partial charge in [0.15, 0.2) is 0 Å². The molecular weight excluding hydrogens is 252 g/mol. The van der Waals surface area contributed by atoms with Gasteiger partial charge in [-0.15, -0.1) is 11.8 Å². The van der Waals surface area contributed by atoms with Crippen molar-refractivity contribution in [1.82, 2.24) is 0 Å². The minimum atomic E-state index is -0.423. The molecule has 2 rings (SSSR count). The van der Waals surface area contributed by atoms with Crippen LogP contribution in [0, 0.1) is 0 Å². The van der Waals surface area contributed by atoms with Crippen LogP contribution in [0.1, 0.15) is 12.8 Å². The van der Waals surface area contributed by atoms with Crippen LogP contribution in [0.5, 0.6) is 0 Å². The second-order valence-electron chi connectivity index (χ2n) is 4.31. The third-order valence-corrected chi connectivity index (χ3v) is 6.02. The number of hydrogen-bond donors (Lipinski definition) is 2. The maximum atomic E-state index is 10.3. The van der Waals surface area contributed by atoms with Gasteiger partial charge in [-0.1, -0.05) is 18.2 Å². The first kappa shape index (κ1) is 13.3. The molecule has 0 radical (unpaired) electrons. The molecule has 1 aliphatic heterocycles. The van der Waals surface area contributed by atoms with E-state index in [9.17, 15) is 5.11 Å². The third kappa shape index (κ3) is 3.19. The highest BCUT2D eigenvalue weighted by Crippen LogP contribution is 2.46. The molecule has 0 amide bonds. The predicted octanol–water partition coefficient (Wildman–Crippen LogP) is 2.40. The van der Waals surface area contributed by atoms with Crippen LogP contribution in [0.4, 0.5) is 0 Å². The van der Waals surface area contributed by atoms with Crippen LogP contribution in [0.25, 0.3) is 0 Å². The Labute approximate surface area is 111 Å².